The molecule has 1 atom stereocenters. The van der Waals surface area contributed by atoms with Gasteiger partial charge in [0.05, 0.1) is 12.2 Å². The molecule has 0 radical (unpaired) electrons. The zero-order valence-electron chi connectivity index (χ0n) is 14.4. The highest BCUT2D eigenvalue weighted by Crippen LogP contribution is 2.27. The molecule has 1 aromatic carbocycles. The van der Waals surface area contributed by atoms with Gasteiger partial charge in [0.15, 0.2) is 5.69 Å². The fourth-order valence-corrected chi connectivity index (χ4v) is 3.20. The fraction of sp³-hybridized carbons (Fsp3) is 0.389. The molecule has 1 fully saturated rings. The number of aliphatic carboxylic acids is 1. The van der Waals surface area contributed by atoms with E-state index in [9.17, 15) is 14.0 Å². The number of benzene rings is 1. The summed E-state index contributed by atoms with van der Waals surface area (Å²) in [7, 11) is 0. The monoisotopic (exact) mass is 345 g/mol. The van der Waals surface area contributed by atoms with Gasteiger partial charge in [0.1, 0.15) is 0 Å². The van der Waals surface area contributed by atoms with Crippen molar-refractivity contribution in [1.82, 2.24) is 14.7 Å². The summed E-state index contributed by atoms with van der Waals surface area (Å²) >= 11 is 0. The molecule has 25 heavy (non-hydrogen) atoms. The Balaban J connectivity index is 1.88. The van der Waals surface area contributed by atoms with E-state index in [4.69, 9.17) is 5.11 Å². The average molecular weight is 345 g/mol. The number of carboxylic acids is 1. The van der Waals surface area contributed by atoms with Crippen molar-refractivity contribution in [1.29, 1.82) is 0 Å². The molecule has 0 spiro atoms. The van der Waals surface area contributed by atoms with E-state index in [1.165, 1.54) is 4.90 Å². The Kier molecular flexibility index (Phi) is 4.10. The van der Waals surface area contributed by atoms with Crippen molar-refractivity contribution in [2.45, 2.75) is 32.9 Å². The van der Waals surface area contributed by atoms with Gasteiger partial charge in [-0.1, -0.05) is 6.07 Å². The molecular weight excluding hydrogens is 325 g/mol. The molecule has 0 bridgehead atoms. The predicted molar refractivity (Wildman–Crippen MR) is 89.8 cm³/mol. The molecule has 1 saturated heterocycles. The largest absolute Gasteiger partial charge is 0.479 e. The van der Waals surface area contributed by atoms with E-state index >= 15 is 0 Å². The van der Waals surface area contributed by atoms with Crippen LogP contribution < -0.4 is 0 Å². The number of carbonyl (C=O) groups excluding carboxylic acids is 1. The fourth-order valence-electron chi connectivity index (χ4n) is 3.20. The topological polar surface area (TPSA) is 75.4 Å². The highest BCUT2D eigenvalue weighted by molar-refractivity contribution is 5.93. The molecule has 1 N–H and O–H groups in total. The molecule has 1 unspecified atom stereocenters. The molecule has 132 valence electrons. The van der Waals surface area contributed by atoms with Gasteiger partial charge in [-0.3, -0.25) is 4.79 Å². The molecule has 1 aliphatic heterocycles. The van der Waals surface area contributed by atoms with Gasteiger partial charge in [-0.25, -0.2) is 13.9 Å². The van der Waals surface area contributed by atoms with Crippen molar-refractivity contribution in [2.24, 2.45) is 0 Å². The van der Waals surface area contributed by atoms with Crippen LogP contribution in [-0.4, -0.2) is 50.4 Å². The average Bonchev–Trinajstić information content (AvgIpc) is 3.10. The van der Waals surface area contributed by atoms with Crippen LogP contribution in [0, 0.1) is 20.8 Å². The summed E-state index contributed by atoms with van der Waals surface area (Å²) in [6, 6.07) is 7.62. The summed E-state index contributed by atoms with van der Waals surface area (Å²) in [5, 5.41) is 13.3. The molecule has 1 aliphatic rings. The second-order valence-corrected chi connectivity index (χ2v) is 6.68. The number of halogens is 1. The van der Waals surface area contributed by atoms with E-state index < -0.39 is 24.1 Å². The number of hydrogen-bond acceptors (Lipinski definition) is 3. The lowest BCUT2D eigenvalue weighted by Crippen LogP contribution is -2.39. The minimum Gasteiger partial charge on any atom is -0.479 e. The summed E-state index contributed by atoms with van der Waals surface area (Å²) in [5.74, 6) is -1.98. The van der Waals surface area contributed by atoms with Crippen LogP contribution in [0.1, 0.15) is 33.7 Å². The first-order valence-corrected chi connectivity index (χ1v) is 8.06. The minimum absolute atomic E-state index is 0.0666. The lowest BCUT2D eigenvalue weighted by molar-refractivity contribution is -0.149. The Bertz CT molecular complexity index is 841. The van der Waals surface area contributed by atoms with E-state index in [2.05, 4.69) is 5.10 Å². The van der Waals surface area contributed by atoms with Crippen LogP contribution in [0.5, 0.6) is 0 Å². The van der Waals surface area contributed by atoms with Crippen LogP contribution in [0.3, 0.4) is 0 Å². The normalized spacial score (nSPS) is 20.1. The van der Waals surface area contributed by atoms with Crippen molar-refractivity contribution < 1.29 is 19.1 Å². The first-order chi connectivity index (χ1) is 11.7. The highest BCUT2D eigenvalue weighted by Gasteiger charge is 2.47. The number of nitrogens with zero attached hydrogens (tertiary/aromatic N) is 3. The summed E-state index contributed by atoms with van der Waals surface area (Å²) in [5.41, 5.74) is 1.60. The number of likely N-dealkylation sites (tertiary alicyclic amines) is 1. The zero-order chi connectivity index (χ0) is 18.4. The SMILES string of the molecule is Cc1cc(C)cc(-n2nc(C(=O)N3CCC(F)(C(=O)O)C3)cc2C)c1. The van der Waals surface area contributed by atoms with Gasteiger partial charge >= 0.3 is 5.97 Å². The number of aromatic nitrogens is 2. The van der Waals surface area contributed by atoms with Crippen LogP contribution >= 0.6 is 0 Å². The Morgan fingerprint density at radius 2 is 1.80 bits per heavy atom. The van der Waals surface area contributed by atoms with Crippen LogP contribution in [-0.2, 0) is 4.79 Å². The van der Waals surface area contributed by atoms with Crippen molar-refractivity contribution in [2.75, 3.05) is 13.1 Å². The quantitative estimate of drug-likeness (QED) is 0.927. The molecule has 0 aliphatic carbocycles. The third-order valence-electron chi connectivity index (χ3n) is 4.45. The first kappa shape index (κ1) is 17.1. The van der Waals surface area contributed by atoms with Crippen LogP contribution in [0.15, 0.2) is 24.3 Å². The predicted octanol–water partition coefficient (Wildman–Crippen LogP) is 2.44. The molecule has 2 aromatic rings. The van der Waals surface area contributed by atoms with Crippen molar-refractivity contribution in [3.05, 3.63) is 46.8 Å². The molecule has 2 heterocycles. The number of aryl methyl sites for hydroxylation is 3. The van der Waals surface area contributed by atoms with E-state index in [-0.39, 0.29) is 18.7 Å². The van der Waals surface area contributed by atoms with Crippen LogP contribution in [0.25, 0.3) is 5.69 Å². The maximum absolute atomic E-state index is 14.2. The van der Waals surface area contributed by atoms with E-state index in [0.29, 0.717) is 0 Å². The van der Waals surface area contributed by atoms with Gasteiger partial charge in [-0.2, -0.15) is 5.10 Å². The highest BCUT2D eigenvalue weighted by atomic mass is 19.1. The Morgan fingerprint density at radius 3 is 2.36 bits per heavy atom. The second-order valence-electron chi connectivity index (χ2n) is 6.68. The minimum atomic E-state index is -2.37. The Morgan fingerprint density at radius 1 is 1.16 bits per heavy atom. The van der Waals surface area contributed by atoms with E-state index in [0.717, 1.165) is 22.5 Å². The summed E-state index contributed by atoms with van der Waals surface area (Å²) < 4.78 is 15.9. The maximum Gasteiger partial charge on any atom is 0.343 e. The third kappa shape index (κ3) is 3.14. The molecule has 7 heteroatoms. The lowest BCUT2D eigenvalue weighted by atomic mass is 10.1. The zero-order valence-corrected chi connectivity index (χ0v) is 14.4. The molecule has 1 aromatic heterocycles. The van der Waals surface area contributed by atoms with Gasteiger partial charge in [0.2, 0.25) is 5.67 Å². The molecule has 0 saturated carbocycles. The Hall–Kier alpha value is -2.70. The van der Waals surface area contributed by atoms with Gasteiger partial charge in [-0.05, 0) is 50.1 Å². The van der Waals surface area contributed by atoms with Crippen molar-refractivity contribution in [3.8, 4) is 5.69 Å². The smallest absolute Gasteiger partial charge is 0.343 e. The summed E-state index contributed by atoms with van der Waals surface area (Å²) in [6.45, 7) is 5.42. The van der Waals surface area contributed by atoms with Crippen LogP contribution in [0.4, 0.5) is 4.39 Å². The first-order valence-electron chi connectivity index (χ1n) is 8.06. The Labute approximate surface area is 144 Å². The molecule has 1 amide bonds. The number of carbonyl (C=O) groups is 2. The van der Waals surface area contributed by atoms with Crippen molar-refractivity contribution in [3.63, 3.8) is 0 Å². The number of rotatable bonds is 3. The maximum atomic E-state index is 14.2. The van der Waals surface area contributed by atoms with E-state index in [1.54, 1.807) is 10.7 Å². The summed E-state index contributed by atoms with van der Waals surface area (Å²) in [6.07, 6.45) is -0.204. The number of hydrogen-bond donors (Lipinski definition) is 1. The van der Waals surface area contributed by atoms with Gasteiger partial charge in [0, 0.05) is 18.7 Å². The van der Waals surface area contributed by atoms with Gasteiger partial charge in [0.25, 0.3) is 5.91 Å². The summed E-state index contributed by atoms with van der Waals surface area (Å²) in [4.78, 5) is 24.8. The molecular formula is C18H20FN3O3. The molecule has 3 rings (SSSR count). The van der Waals surface area contributed by atoms with Gasteiger partial charge in [-0.15, -0.1) is 0 Å². The molecule has 6 nitrogen and oxygen atoms in total. The second kappa shape index (κ2) is 5.98. The van der Waals surface area contributed by atoms with Crippen LogP contribution in [0.2, 0.25) is 0 Å². The van der Waals surface area contributed by atoms with Gasteiger partial charge < -0.3 is 10.0 Å². The van der Waals surface area contributed by atoms with Crippen molar-refractivity contribution >= 4 is 11.9 Å². The lowest BCUT2D eigenvalue weighted by Gasteiger charge is -2.16. The third-order valence-corrected chi connectivity index (χ3v) is 4.45. The number of carboxylic acid groups (broad SMARTS) is 1. The standard InChI is InChI=1S/C18H20FN3O3/c1-11-6-12(2)8-14(7-11)22-13(3)9-15(20-22)16(23)21-5-4-18(19,10-21)17(24)25/h6-9H,4-5,10H2,1-3H3,(H,24,25). The number of amides is 1. The number of alkyl halides is 1. The van der Waals surface area contributed by atoms with E-state index in [1.807, 2.05) is 39.0 Å².